The summed E-state index contributed by atoms with van der Waals surface area (Å²) in [5, 5.41) is 34.1. The molecule has 0 radical (unpaired) electrons. The average Bonchev–Trinajstić information content (AvgIpc) is 3.32. The topological polar surface area (TPSA) is 318 Å². The number of guanidine groups is 1. The quantitative estimate of drug-likeness (QED) is 0.0509. The minimum absolute atomic E-state index is 0.0517. The van der Waals surface area contributed by atoms with Crippen LogP contribution in [0.1, 0.15) is 31.4 Å². The van der Waals surface area contributed by atoms with Crippen LogP contribution in [0.5, 0.6) is 0 Å². The number of hydrogen-bond acceptors (Lipinski definition) is 9. The van der Waals surface area contributed by atoms with Crippen LogP contribution in [0.4, 0.5) is 0 Å². The Balaban J connectivity index is 3.03. The van der Waals surface area contributed by atoms with Crippen LogP contribution in [0.25, 0.3) is 0 Å². The van der Waals surface area contributed by atoms with Crippen molar-refractivity contribution >= 4 is 41.6 Å². The zero-order valence-electron chi connectivity index (χ0n) is 20.1. The molecule has 0 aliphatic rings. The molecule has 38 heavy (non-hydrogen) atoms. The molecule has 1 heterocycles. The van der Waals surface area contributed by atoms with Crippen molar-refractivity contribution in [3.05, 3.63) is 18.2 Å². The zero-order chi connectivity index (χ0) is 28.8. The van der Waals surface area contributed by atoms with Gasteiger partial charge in [-0.05, 0) is 12.8 Å². The fourth-order valence-corrected chi connectivity index (χ4v) is 3.08. The number of carboxylic acids is 3. The van der Waals surface area contributed by atoms with Gasteiger partial charge in [-0.2, -0.15) is 0 Å². The smallest absolute Gasteiger partial charge is 0.326 e. The number of carbonyl (C=O) groups is 6. The van der Waals surface area contributed by atoms with Gasteiger partial charge in [0.15, 0.2) is 5.96 Å². The summed E-state index contributed by atoms with van der Waals surface area (Å²) in [6.07, 6.45) is 0.821. The van der Waals surface area contributed by atoms with Crippen LogP contribution < -0.4 is 33.2 Å². The molecule has 0 fully saturated rings. The molecule has 1 aromatic heterocycles. The van der Waals surface area contributed by atoms with Gasteiger partial charge in [-0.25, -0.2) is 9.78 Å². The number of carbonyl (C=O) groups excluding carboxylic acids is 3. The fourth-order valence-electron chi connectivity index (χ4n) is 3.08. The van der Waals surface area contributed by atoms with Crippen LogP contribution in [-0.4, -0.2) is 97.6 Å². The van der Waals surface area contributed by atoms with Gasteiger partial charge < -0.3 is 53.5 Å². The highest BCUT2D eigenvalue weighted by atomic mass is 16.4. The Kier molecular flexibility index (Phi) is 12.7. The summed E-state index contributed by atoms with van der Waals surface area (Å²) in [5.41, 5.74) is 16.4. The summed E-state index contributed by atoms with van der Waals surface area (Å²) in [4.78, 5) is 82.0. The number of nitrogens with zero attached hydrogens (tertiary/aromatic N) is 2. The number of nitrogens with one attached hydrogen (secondary N) is 4. The average molecular weight is 542 g/mol. The molecular formula is C20H31N9O9. The molecule has 18 nitrogen and oxygen atoms in total. The lowest BCUT2D eigenvalue weighted by Gasteiger charge is -2.24. The lowest BCUT2D eigenvalue weighted by Crippen LogP contribution is -2.57. The number of nitrogens with two attached hydrogens (primary N) is 3. The number of imidazole rings is 1. The van der Waals surface area contributed by atoms with Gasteiger partial charge in [0.05, 0.1) is 25.2 Å². The first-order valence-corrected chi connectivity index (χ1v) is 11.2. The Morgan fingerprint density at radius 3 is 2.00 bits per heavy atom. The molecule has 4 atom stereocenters. The summed E-state index contributed by atoms with van der Waals surface area (Å²) < 4.78 is 0. The highest BCUT2D eigenvalue weighted by Gasteiger charge is 2.32. The second-order valence-corrected chi connectivity index (χ2v) is 8.05. The second kappa shape index (κ2) is 15.4. The summed E-state index contributed by atoms with van der Waals surface area (Å²) >= 11 is 0. The normalized spacial score (nSPS) is 13.7. The van der Waals surface area contributed by atoms with E-state index in [0.717, 1.165) is 0 Å². The molecule has 3 amide bonds. The van der Waals surface area contributed by atoms with E-state index < -0.39 is 72.6 Å². The van der Waals surface area contributed by atoms with Crippen LogP contribution in [0.15, 0.2) is 17.5 Å². The second-order valence-electron chi connectivity index (χ2n) is 8.05. The van der Waals surface area contributed by atoms with E-state index >= 15 is 0 Å². The highest BCUT2D eigenvalue weighted by Crippen LogP contribution is 2.05. The van der Waals surface area contributed by atoms with Gasteiger partial charge in [-0.15, -0.1) is 0 Å². The molecule has 210 valence electrons. The molecular weight excluding hydrogens is 510 g/mol. The van der Waals surface area contributed by atoms with Crippen molar-refractivity contribution in [1.29, 1.82) is 0 Å². The van der Waals surface area contributed by atoms with E-state index in [2.05, 4.69) is 30.9 Å². The Labute approximate surface area is 215 Å². The minimum atomic E-state index is -1.73. The number of hydrogen-bond donors (Lipinski definition) is 10. The zero-order valence-corrected chi connectivity index (χ0v) is 20.1. The molecule has 4 unspecified atom stereocenters. The highest BCUT2D eigenvalue weighted by molar-refractivity contribution is 5.96. The number of aromatic amines is 1. The van der Waals surface area contributed by atoms with E-state index in [9.17, 15) is 39.0 Å². The van der Waals surface area contributed by atoms with Gasteiger partial charge in [0.1, 0.15) is 18.1 Å². The number of aliphatic imine (C=N–C) groups is 1. The largest absolute Gasteiger partial charge is 0.481 e. The fraction of sp³-hybridized carbons (Fsp3) is 0.500. The molecule has 1 rings (SSSR count). The standard InChI is InChI=1S/C20H31N9O9/c21-10(5-14(30)31)16(34)27-11(2-1-3-25-20(22)23)17(35)28-12(6-15(32)33)18(36)29-13(19(37)38)4-9-7-24-8-26-9/h7-8,10-13H,1-6,21H2,(H,24,26)(H,27,34)(H,28,35)(H,29,36)(H,30,31)(H,32,33)(H,37,38)(H4,22,23,25). The van der Waals surface area contributed by atoms with E-state index in [1.807, 2.05) is 0 Å². The van der Waals surface area contributed by atoms with Crippen LogP contribution >= 0.6 is 0 Å². The van der Waals surface area contributed by atoms with E-state index in [1.165, 1.54) is 12.5 Å². The van der Waals surface area contributed by atoms with Gasteiger partial charge >= 0.3 is 17.9 Å². The Morgan fingerprint density at radius 2 is 1.47 bits per heavy atom. The Bertz CT molecular complexity index is 1030. The SMILES string of the molecule is NC(N)=NCCCC(NC(=O)C(N)CC(=O)O)C(=O)NC(CC(=O)O)C(=O)NC(Cc1cnc[nH]1)C(=O)O. The molecule has 0 bridgehead atoms. The molecule has 0 spiro atoms. The van der Waals surface area contributed by atoms with Crippen LogP contribution in [0, 0.1) is 0 Å². The van der Waals surface area contributed by atoms with Gasteiger partial charge in [0.25, 0.3) is 0 Å². The number of amides is 3. The number of H-pyrrole nitrogens is 1. The van der Waals surface area contributed by atoms with Crippen molar-refractivity contribution in [2.75, 3.05) is 6.54 Å². The van der Waals surface area contributed by atoms with Crippen LogP contribution in [-0.2, 0) is 35.2 Å². The van der Waals surface area contributed by atoms with Gasteiger partial charge in [0.2, 0.25) is 17.7 Å². The van der Waals surface area contributed by atoms with Gasteiger partial charge in [0, 0.05) is 24.9 Å². The first-order valence-electron chi connectivity index (χ1n) is 11.2. The molecule has 0 aliphatic heterocycles. The molecule has 13 N–H and O–H groups in total. The van der Waals surface area contributed by atoms with E-state index in [0.29, 0.717) is 5.69 Å². The minimum Gasteiger partial charge on any atom is -0.481 e. The van der Waals surface area contributed by atoms with Crippen LogP contribution in [0.3, 0.4) is 0 Å². The van der Waals surface area contributed by atoms with Crippen molar-refractivity contribution in [2.24, 2.45) is 22.2 Å². The van der Waals surface area contributed by atoms with Crippen molar-refractivity contribution in [1.82, 2.24) is 25.9 Å². The molecule has 0 saturated heterocycles. The van der Waals surface area contributed by atoms with Crippen molar-refractivity contribution in [3.8, 4) is 0 Å². The van der Waals surface area contributed by atoms with E-state index in [-0.39, 0.29) is 31.8 Å². The summed E-state index contributed by atoms with van der Waals surface area (Å²) in [6.45, 7) is 0.0517. The maximum atomic E-state index is 13.0. The Hall–Kier alpha value is -4.74. The van der Waals surface area contributed by atoms with Gasteiger partial charge in [-0.1, -0.05) is 0 Å². The number of rotatable bonds is 17. The number of aromatic nitrogens is 2. The summed E-state index contributed by atoms with van der Waals surface area (Å²) in [6, 6.07) is -6.10. The molecule has 0 saturated carbocycles. The summed E-state index contributed by atoms with van der Waals surface area (Å²) in [5.74, 6) is -7.59. The maximum Gasteiger partial charge on any atom is 0.326 e. The Morgan fingerprint density at radius 1 is 0.895 bits per heavy atom. The first kappa shape index (κ1) is 31.3. The third-order valence-corrected chi connectivity index (χ3v) is 4.91. The van der Waals surface area contributed by atoms with E-state index in [1.54, 1.807) is 0 Å². The first-order chi connectivity index (χ1) is 17.8. The van der Waals surface area contributed by atoms with Crippen LogP contribution in [0.2, 0.25) is 0 Å². The third-order valence-electron chi connectivity index (χ3n) is 4.91. The third kappa shape index (κ3) is 11.8. The molecule has 18 heteroatoms. The number of carboxylic acid groups (broad SMARTS) is 3. The lowest BCUT2D eigenvalue weighted by atomic mass is 10.1. The van der Waals surface area contributed by atoms with Crippen molar-refractivity contribution in [3.63, 3.8) is 0 Å². The maximum absolute atomic E-state index is 13.0. The summed E-state index contributed by atoms with van der Waals surface area (Å²) in [7, 11) is 0. The van der Waals surface area contributed by atoms with E-state index in [4.69, 9.17) is 22.3 Å². The van der Waals surface area contributed by atoms with Gasteiger partial charge in [-0.3, -0.25) is 29.0 Å². The monoisotopic (exact) mass is 541 g/mol. The lowest BCUT2D eigenvalue weighted by molar-refractivity contribution is -0.143. The predicted molar refractivity (Wildman–Crippen MR) is 128 cm³/mol. The van der Waals surface area contributed by atoms with Crippen molar-refractivity contribution < 1.29 is 44.1 Å². The molecule has 0 aliphatic carbocycles. The molecule has 0 aromatic carbocycles. The molecule has 1 aromatic rings. The van der Waals surface area contributed by atoms with Crippen molar-refractivity contribution in [2.45, 2.75) is 56.3 Å². The number of aliphatic carboxylic acids is 3. The predicted octanol–water partition coefficient (Wildman–Crippen LogP) is -4.18.